The topological polar surface area (TPSA) is 12.0 Å². The molecular weight excluding hydrogens is 317 g/mol. The van der Waals surface area contributed by atoms with Gasteiger partial charge in [-0.2, -0.15) is 0 Å². The molecular formula is C17H19BrFN. The van der Waals surface area contributed by atoms with Crippen LogP contribution in [-0.4, -0.2) is 6.54 Å². The van der Waals surface area contributed by atoms with Crippen LogP contribution in [0.5, 0.6) is 0 Å². The Morgan fingerprint density at radius 3 is 2.65 bits per heavy atom. The number of halogens is 2. The summed E-state index contributed by atoms with van der Waals surface area (Å²) >= 11 is 3.50. The summed E-state index contributed by atoms with van der Waals surface area (Å²) in [6, 6.07) is 15.3. The van der Waals surface area contributed by atoms with E-state index in [0.29, 0.717) is 6.42 Å². The van der Waals surface area contributed by atoms with Crippen LogP contribution in [0.2, 0.25) is 0 Å². The molecule has 0 amide bonds. The third-order valence-corrected chi connectivity index (χ3v) is 3.77. The van der Waals surface area contributed by atoms with Crippen LogP contribution < -0.4 is 5.32 Å². The van der Waals surface area contributed by atoms with Crippen molar-refractivity contribution < 1.29 is 4.39 Å². The van der Waals surface area contributed by atoms with E-state index in [9.17, 15) is 4.39 Å². The Kier molecular flexibility index (Phi) is 5.74. The van der Waals surface area contributed by atoms with Crippen molar-refractivity contribution in [3.8, 4) is 0 Å². The summed E-state index contributed by atoms with van der Waals surface area (Å²) in [6.45, 7) is 3.06. The van der Waals surface area contributed by atoms with Crippen LogP contribution in [0.3, 0.4) is 0 Å². The molecule has 0 bridgehead atoms. The molecule has 0 heterocycles. The van der Waals surface area contributed by atoms with Crippen molar-refractivity contribution in [2.24, 2.45) is 0 Å². The van der Waals surface area contributed by atoms with E-state index < -0.39 is 0 Å². The molecule has 1 atom stereocenters. The molecule has 2 aromatic rings. The molecule has 1 unspecified atom stereocenters. The summed E-state index contributed by atoms with van der Waals surface area (Å²) in [5, 5.41) is 3.50. The van der Waals surface area contributed by atoms with Crippen LogP contribution in [0, 0.1) is 5.82 Å². The lowest BCUT2D eigenvalue weighted by atomic mass is 9.98. The van der Waals surface area contributed by atoms with Gasteiger partial charge in [-0.3, -0.25) is 0 Å². The number of hydrogen-bond donors (Lipinski definition) is 1. The average molecular weight is 336 g/mol. The van der Waals surface area contributed by atoms with Gasteiger partial charge in [0.2, 0.25) is 0 Å². The van der Waals surface area contributed by atoms with Gasteiger partial charge in [0.1, 0.15) is 5.82 Å². The van der Waals surface area contributed by atoms with Gasteiger partial charge < -0.3 is 5.32 Å². The Labute approximate surface area is 128 Å². The summed E-state index contributed by atoms with van der Waals surface area (Å²) in [4.78, 5) is 0. The Hall–Kier alpha value is -1.19. The Bertz CT molecular complexity index is 556. The molecule has 2 aromatic carbocycles. The van der Waals surface area contributed by atoms with Gasteiger partial charge in [0.15, 0.2) is 0 Å². The zero-order chi connectivity index (χ0) is 14.4. The van der Waals surface area contributed by atoms with Crippen molar-refractivity contribution in [2.75, 3.05) is 6.54 Å². The van der Waals surface area contributed by atoms with Crippen LogP contribution in [0.15, 0.2) is 53.0 Å². The molecule has 1 nitrogen and oxygen atoms in total. The highest BCUT2D eigenvalue weighted by atomic mass is 79.9. The first-order valence-electron chi connectivity index (χ1n) is 6.93. The quantitative estimate of drug-likeness (QED) is 0.793. The van der Waals surface area contributed by atoms with Gasteiger partial charge in [0, 0.05) is 10.5 Å². The number of hydrogen-bond acceptors (Lipinski definition) is 1. The highest BCUT2D eigenvalue weighted by Crippen LogP contribution is 2.23. The second kappa shape index (κ2) is 7.55. The first-order valence-corrected chi connectivity index (χ1v) is 7.72. The van der Waals surface area contributed by atoms with Crippen LogP contribution in [0.4, 0.5) is 4.39 Å². The highest BCUT2D eigenvalue weighted by Gasteiger charge is 2.14. The van der Waals surface area contributed by atoms with Crippen molar-refractivity contribution in [2.45, 2.75) is 25.8 Å². The highest BCUT2D eigenvalue weighted by molar-refractivity contribution is 9.10. The molecule has 0 spiro atoms. The largest absolute Gasteiger partial charge is 0.310 e. The predicted molar refractivity (Wildman–Crippen MR) is 85.3 cm³/mol. The van der Waals surface area contributed by atoms with Gasteiger partial charge in [-0.25, -0.2) is 4.39 Å². The monoisotopic (exact) mass is 335 g/mol. The van der Waals surface area contributed by atoms with E-state index in [1.807, 2.05) is 24.3 Å². The van der Waals surface area contributed by atoms with Crippen molar-refractivity contribution in [3.05, 3.63) is 69.9 Å². The van der Waals surface area contributed by atoms with Crippen molar-refractivity contribution in [1.29, 1.82) is 0 Å². The lowest BCUT2D eigenvalue weighted by molar-refractivity contribution is 0.513. The molecule has 1 N–H and O–H groups in total. The number of benzene rings is 2. The standard InChI is InChI=1S/C17H19BrFN/c1-2-10-20-17(14-7-5-8-15(18)11-14)12-13-6-3-4-9-16(13)19/h3-9,11,17,20H,2,10,12H2,1H3. The van der Waals surface area contributed by atoms with E-state index in [0.717, 1.165) is 23.0 Å². The maximum Gasteiger partial charge on any atom is 0.126 e. The van der Waals surface area contributed by atoms with E-state index in [1.54, 1.807) is 6.07 Å². The zero-order valence-corrected chi connectivity index (χ0v) is 13.2. The predicted octanol–water partition coefficient (Wildman–Crippen LogP) is 4.87. The van der Waals surface area contributed by atoms with Crippen molar-refractivity contribution in [3.63, 3.8) is 0 Å². The molecule has 3 heteroatoms. The Morgan fingerprint density at radius 2 is 1.95 bits per heavy atom. The second-order valence-corrected chi connectivity index (χ2v) is 5.77. The Balaban J connectivity index is 2.21. The minimum Gasteiger partial charge on any atom is -0.310 e. The third kappa shape index (κ3) is 4.15. The first kappa shape index (κ1) is 15.2. The molecule has 0 aliphatic carbocycles. The molecule has 0 saturated heterocycles. The molecule has 0 aliphatic heterocycles. The second-order valence-electron chi connectivity index (χ2n) is 4.86. The molecule has 2 rings (SSSR count). The Morgan fingerprint density at radius 1 is 1.15 bits per heavy atom. The number of nitrogens with one attached hydrogen (secondary N) is 1. The van der Waals surface area contributed by atoms with Crippen LogP contribution in [0.25, 0.3) is 0 Å². The third-order valence-electron chi connectivity index (χ3n) is 3.27. The normalized spacial score (nSPS) is 12.3. The van der Waals surface area contributed by atoms with Crippen LogP contribution in [-0.2, 0) is 6.42 Å². The van der Waals surface area contributed by atoms with Gasteiger partial charge in [-0.15, -0.1) is 0 Å². The molecule has 0 aliphatic rings. The first-order chi connectivity index (χ1) is 9.70. The maximum absolute atomic E-state index is 13.8. The fourth-order valence-electron chi connectivity index (χ4n) is 2.23. The summed E-state index contributed by atoms with van der Waals surface area (Å²) in [5.74, 6) is -0.134. The minimum atomic E-state index is -0.134. The van der Waals surface area contributed by atoms with E-state index in [1.165, 1.54) is 11.6 Å². The summed E-state index contributed by atoms with van der Waals surface area (Å²) < 4.78 is 14.9. The van der Waals surface area contributed by atoms with Gasteiger partial charge in [0.25, 0.3) is 0 Å². The molecule has 106 valence electrons. The summed E-state index contributed by atoms with van der Waals surface area (Å²) in [5.41, 5.74) is 1.93. The van der Waals surface area contributed by atoms with Gasteiger partial charge in [0.05, 0.1) is 0 Å². The fraction of sp³-hybridized carbons (Fsp3) is 0.294. The fourth-order valence-corrected chi connectivity index (χ4v) is 2.65. The minimum absolute atomic E-state index is 0.129. The summed E-state index contributed by atoms with van der Waals surface area (Å²) in [7, 11) is 0. The lowest BCUT2D eigenvalue weighted by Gasteiger charge is -2.20. The maximum atomic E-state index is 13.8. The lowest BCUT2D eigenvalue weighted by Crippen LogP contribution is -2.24. The summed E-state index contributed by atoms with van der Waals surface area (Å²) in [6.07, 6.45) is 1.71. The van der Waals surface area contributed by atoms with Crippen molar-refractivity contribution in [1.82, 2.24) is 5.32 Å². The van der Waals surface area contributed by atoms with E-state index in [-0.39, 0.29) is 11.9 Å². The average Bonchev–Trinajstić information content (AvgIpc) is 2.45. The van der Waals surface area contributed by atoms with E-state index >= 15 is 0 Å². The van der Waals surface area contributed by atoms with E-state index in [4.69, 9.17) is 0 Å². The smallest absolute Gasteiger partial charge is 0.126 e. The van der Waals surface area contributed by atoms with Crippen molar-refractivity contribution >= 4 is 15.9 Å². The van der Waals surface area contributed by atoms with Crippen LogP contribution >= 0.6 is 15.9 Å². The van der Waals surface area contributed by atoms with Gasteiger partial charge in [-0.1, -0.05) is 53.2 Å². The van der Waals surface area contributed by atoms with Crippen LogP contribution in [0.1, 0.15) is 30.5 Å². The molecule has 0 radical (unpaired) electrons. The molecule has 20 heavy (non-hydrogen) atoms. The van der Waals surface area contributed by atoms with Gasteiger partial charge >= 0.3 is 0 Å². The zero-order valence-electron chi connectivity index (χ0n) is 11.6. The SMILES string of the molecule is CCCNC(Cc1ccccc1F)c1cccc(Br)c1. The number of rotatable bonds is 6. The molecule has 0 aromatic heterocycles. The van der Waals surface area contributed by atoms with E-state index in [2.05, 4.69) is 40.3 Å². The molecule has 0 saturated carbocycles. The molecule has 0 fully saturated rings. The van der Waals surface area contributed by atoms with Gasteiger partial charge in [-0.05, 0) is 48.7 Å².